The van der Waals surface area contributed by atoms with E-state index < -0.39 is 5.60 Å². The zero-order valence-electron chi connectivity index (χ0n) is 8.86. The molecule has 1 aliphatic heterocycles. The van der Waals surface area contributed by atoms with E-state index in [0.29, 0.717) is 13.2 Å². The second-order valence-corrected chi connectivity index (χ2v) is 4.35. The Kier molecular flexibility index (Phi) is 3.87. The minimum atomic E-state index is -0.625. The molecule has 1 aliphatic rings. The normalized spacial score (nSPS) is 24.6. The third-order valence-corrected chi connectivity index (χ3v) is 2.33. The van der Waals surface area contributed by atoms with E-state index in [-0.39, 0.29) is 6.10 Å². The van der Waals surface area contributed by atoms with Gasteiger partial charge in [0.05, 0.1) is 18.3 Å². The first-order chi connectivity index (χ1) is 6.51. The van der Waals surface area contributed by atoms with Gasteiger partial charge in [0.25, 0.3) is 0 Å². The Morgan fingerprint density at radius 2 is 2.36 bits per heavy atom. The molecule has 1 atom stereocenters. The molecule has 0 aromatic heterocycles. The highest BCUT2D eigenvalue weighted by Crippen LogP contribution is 2.11. The summed E-state index contributed by atoms with van der Waals surface area (Å²) in [5.41, 5.74) is -0.625. The molecule has 0 bridgehead atoms. The lowest BCUT2D eigenvalue weighted by Crippen LogP contribution is -2.43. The number of morpholine rings is 1. The zero-order chi connectivity index (χ0) is 10.6. The van der Waals surface area contributed by atoms with Gasteiger partial charge in [0.15, 0.2) is 6.10 Å². The summed E-state index contributed by atoms with van der Waals surface area (Å²) in [4.78, 5) is 2.16. The first kappa shape index (κ1) is 11.4. The predicted octanol–water partition coefficient (Wildman–Crippen LogP) is 0.372. The molecule has 0 amide bonds. The molecule has 0 radical (unpaired) electrons. The molecule has 1 saturated heterocycles. The summed E-state index contributed by atoms with van der Waals surface area (Å²) < 4.78 is 5.22. The van der Waals surface area contributed by atoms with E-state index >= 15 is 0 Å². The molecule has 0 saturated carbocycles. The molecule has 1 unspecified atom stereocenters. The Hall–Kier alpha value is -0.630. The van der Waals surface area contributed by atoms with E-state index in [1.54, 1.807) is 13.8 Å². The molecule has 4 nitrogen and oxygen atoms in total. The van der Waals surface area contributed by atoms with Crippen LogP contribution in [0.25, 0.3) is 0 Å². The first-order valence-corrected chi connectivity index (χ1v) is 4.97. The standard InChI is InChI=1S/C10H18N2O2/c1-10(2,13)3-4-12-5-6-14-9(7-11)8-12/h9,13H,3-6,8H2,1-2H3. The summed E-state index contributed by atoms with van der Waals surface area (Å²) in [6, 6.07) is 2.10. The fourth-order valence-electron chi connectivity index (χ4n) is 1.42. The van der Waals surface area contributed by atoms with E-state index in [0.717, 1.165) is 19.5 Å². The molecule has 0 aromatic carbocycles. The Morgan fingerprint density at radius 3 is 2.93 bits per heavy atom. The summed E-state index contributed by atoms with van der Waals surface area (Å²) in [7, 11) is 0. The number of hydrogen-bond donors (Lipinski definition) is 1. The van der Waals surface area contributed by atoms with Crippen molar-refractivity contribution in [3.05, 3.63) is 0 Å². The highest BCUT2D eigenvalue weighted by atomic mass is 16.5. The van der Waals surface area contributed by atoms with Crippen LogP contribution in [0.4, 0.5) is 0 Å². The summed E-state index contributed by atoms with van der Waals surface area (Å²) in [5, 5.41) is 18.2. The third-order valence-electron chi connectivity index (χ3n) is 2.33. The fraction of sp³-hybridized carbons (Fsp3) is 0.900. The summed E-state index contributed by atoms with van der Waals surface area (Å²) >= 11 is 0. The molecule has 4 heteroatoms. The van der Waals surface area contributed by atoms with Crippen molar-refractivity contribution in [1.82, 2.24) is 4.90 Å². The van der Waals surface area contributed by atoms with Gasteiger partial charge in [0.1, 0.15) is 0 Å². The maximum Gasteiger partial charge on any atom is 0.156 e. The monoisotopic (exact) mass is 198 g/mol. The van der Waals surface area contributed by atoms with E-state index in [1.807, 2.05) is 0 Å². The molecule has 0 aliphatic carbocycles. The maximum atomic E-state index is 9.55. The number of aliphatic hydroxyl groups is 1. The van der Waals surface area contributed by atoms with Crippen molar-refractivity contribution >= 4 is 0 Å². The number of nitriles is 1. The van der Waals surface area contributed by atoms with Crippen molar-refractivity contribution in [3.63, 3.8) is 0 Å². The Morgan fingerprint density at radius 1 is 1.64 bits per heavy atom. The highest BCUT2D eigenvalue weighted by Gasteiger charge is 2.21. The van der Waals surface area contributed by atoms with Crippen LogP contribution in [-0.4, -0.2) is 48.0 Å². The lowest BCUT2D eigenvalue weighted by atomic mass is 10.1. The van der Waals surface area contributed by atoms with Crippen LogP contribution in [0.15, 0.2) is 0 Å². The van der Waals surface area contributed by atoms with Crippen LogP contribution >= 0.6 is 0 Å². The quantitative estimate of drug-likeness (QED) is 0.712. The van der Waals surface area contributed by atoms with Gasteiger partial charge < -0.3 is 9.84 Å². The predicted molar refractivity (Wildman–Crippen MR) is 52.7 cm³/mol. The lowest BCUT2D eigenvalue weighted by Gasteiger charge is -2.31. The largest absolute Gasteiger partial charge is 0.390 e. The Bertz CT molecular complexity index is 217. The number of nitrogens with zero attached hydrogens (tertiary/aromatic N) is 2. The van der Waals surface area contributed by atoms with Gasteiger partial charge in [0.2, 0.25) is 0 Å². The van der Waals surface area contributed by atoms with Gasteiger partial charge in [-0.15, -0.1) is 0 Å². The molecule has 14 heavy (non-hydrogen) atoms. The van der Waals surface area contributed by atoms with Crippen LogP contribution in [-0.2, 0) is 4.74 Å². The van der Waals surface area contributed by atoms with Crippen LogP contribution in [0.2, 0.25) is 0 Å². The Balaban J connectivity index is 2.28. The molecule has 1 rings (SSSR count). The number of hydrogen-bond acceptors (Lipinski definition) is 4. The minimum Gasteiger partial charge on any atom is -0.390 e. The van der Waals surface area contributed by atoms with Crippen LogP contribution in [0.1, 0.15) is 20.3 Å². The SMILES string of the molecule is CC(C)(O)CCN1CCOC(C#N)C1. The van der Waals surface area contributed by atoms with Crippen molar-refractivity contribution in [2.45, 2.75) is 32.0 Å². The van der Waals surface area contributed by atoms with Gasteiger partial charge in [-0.1, -0.05) is 0 Å². The molecular formula is C10H18N2O2. The molecule has 1 N–H and O–H groups in total. The molecule has 80 valence electrons. The fourth-order valence-corrected chi connectivity index (χ4v) is 1.42. The van der Waals surface area contributed by atoms with Gasteiger partial charge in [-0.05, 0) is 20.3 Å². The van der Waals surface area contributed by atoms with Crippen LogP contribution in [0.5, 0.6) is 0 Å². The molecule has 1 heterocycles. The van der Waals surface area contributed by atoms with Gasteiger partial charge in [0, 0.05) is 19.6 Å². The van der Waals surface area contributed by atoms with Crippen molar-refractivity contribution in [3.8, 4) is 6.07 Å². The minimum absolute atomic E-state index is 0.300. The molecular weight excluding hydrogens is 180 g/mol. The van der Waals surface area contributed by atoms with E-state index in [1.165, 1.54) is 0 Å². The van der Waals surface area contributed by atoms with Crippen LogP contribution in [0.3, 0.4) is 0 Å². The second kappa shape index (κ2) is 4.74. The van der Waals surface area contributed by atoms with E-state index in [9.17, 15) is 5.11 Å². The first-order valence-electron chi connectivity index (χ1n) is 4.97. The van der Waals surface area contributed by atoms with Gasteiger partial charge >= 0.3 is 0 Å². The second-order valence-electron chi connectivity index (χ2n) is 4.35. The molecule has 0 aromatic rings. The summed E-state index contributed by atoms with van der Waals surface area (Å²) in [6.07, 6.45) is 0.427. The Labute approximate surface area is 85.1 Å². The average molecular weight is 198 g/mol. The summed E-state index contributed by atoms with van der Waals surface area (Å²) in [5.74, 6) is 0. The summed E-state index contributed by atoms with van der Waals surface area (Å²) in [6.45, 7) is 6.56. The molecule has 0 spiro atoms. The van der Waals surface area contributed by atoms with Crippen molar-refractivity contribution in [2.24, 2.45) is 0 Å². The van der Waals surface area contributed by atoms with E-state index in [4.69, 9.17) is 10.00 Å². The number of ether oxygens (including phenoxy) is 1. The van der Waals surface area contributed by atoms with Crippen molar-refractivity contribution < 1.29 is 9.84 Å². The highest BCUT2D eigenvalue weighted by molar-refractivity contribution is 4.89. The van der Waals surface area contributed by atoms with Crippen molar-refractivity contribution in [2.75, 3.05) is 26.2 Å². The van der Waals surface area contributed by atoms with Gasteiger partial charge in [-0.25, -0.2) is 0 Å². The average Bonchev–Trinajstić information content (AvgIpc) is 2.14. The number of rotatable bonds is 3. The maximum absolute atomic E-state index is 9.55. The topological polar surface area (TPSA) is 56.5 Å². The van der Waals surface area contributed by atoms with Crippen LogP contribution < -0.4 is 0 Å². The van der Waals surface area contributed by atoms with Gasteiger partial charge in [-0.3, -0.25) is 4.90 Å². The smallest absolute Gasteiger partial charge is 0.156 e. The molecule has 1 fully saturated rings. The lowest BCUT2D eigenvalue weighted by molar-refractivity contribution is -0.0123. The van der Waals surface area contributed by atoms with Crippen molar-refractivity contribution in [1.29, 1.82) is 5.26 Å². The zero-order valence-corrected chi connectivity index (χ0v) is 8.86. The van der Waals surface area contributed by atoms with E-state index in [2.05, 4.69) is 11.0 Å². The van der Waals surface area contributed by atoms with Crippen LogP contribution in [0, 0.1) is 11.3 Å². The van der Waals surface area contributed by atoms with Gasteiger partial charge in [-0.2, -0.15) is 5.26 Å². The third kappa shape index (κ3) is 4.05.